The van der Waals surface area contributed by atoms with Gasteiger partial charge in [-0.15, -0.1) is 0 Å². The second-order valence-corrected chi connectivity index (χ2v) is 7.26. The Bertz CT molecular complexity index is 510. The highest BCUT2D eigenvalue weighted by Crippen LogP contribution is 2.21. The summed E-state index contributed by atoms with van der Waals surface area (Å²) in [5, 5.41) is 0. The Balaban J connectivity index is 2.14. The van der Waals surface area contributed by atoms with Gasteiger partial charge in [0.05, 0.1) is 5.75 Å². The molecule has 1 saturated heterocycles. The van der Waals surface area contributed by atoms with Gasteiger partial charge in [-0.3, -0.25) is 0 Å². The Labute approximate surface area is 110 Å². The normalized spacial score (nSPS) is 22.0. The number of nitrogens with zero attached hydrogens (tertiary/aromatic N) is 1. The number of piperidine rings is 1. The first-order valence-electron chi connectivity index (χ1n) is 6.51. The minimum atomic E-state index is -3.16. The number of sulfonamides is 1. The van der Waals surface area contributed by atoms with Crippen molar-refractivity contribution in [3.63, 3.8) is 0 Å². The van der Waals surface area contributed by atoms with Gasteiger partial charge in [0.15, 0.2) is 0 Å². The zero-order chi connectivity index (χ0) is 13.2. The Morgan fingerprint density at radius 3 is 2.72 bits per heavy atom. The number of hydrogen-bond donors (Lipinski definition) is 0. The van der Waals surface area contributed by atoms with Crippen LogP contribution < -0.4 is 0 Å². The summed E-state index contributed by atoms with van der Waals surface area (Å²) in [5.74, 6) is 0.609. The highest BCUT2D eigenvalue weighted by atomic mass is 32.2. The maximum absolute atomic E-state index is 12.4. The van der Waals surface area contributed by atoms with E-state index >= 15 is 0 Å². The van der Waals surface area contributed by atoms with Gasteiger partial charge in [-0.2, -0.15) is 0 Å². The molecular weight excluding hydrogens is 246 g/mol. The standard InChI is InChI=1S/C14H21NO2S/c1-12-6-5-9-15(10-12)18(16,17)11-14-8-4-3-7-13(14)2/h3-4,7-8,12H,5-6,9-11H2,1-2H3/t12-/m1/s1. The number of hydrogen-bond acceptors (Lipinski definition) is 2. The smallest absolute Gasteiger partial charge is 0.212 e. The first-order chi connectivity index (χ1) is 8.49. The van der Waals surface area contributed by atoms with E-state index < -0.39 is 10.0 Å². The quantitative estimate of drug-likeness (QED) is 0.844. The van der Waals surface area contributed by atoms with Crippen molar-refractivity contribution in [1.82, 2.24) is 4.31 Å². The predicted octanol–water partition coefficient (Wildman–Crippen LogP) is 2.56. The zero-order valence-electron chi connectivity index (χ0n) is 11.1. The van der Waals surface area contributed by atoms with Gasteiger partial charge in [0.2, 0.25) is 10.0 Å². The molecule has 1 heterocycles. The van der Waals surface area contributed by atoms with Crippen LogP contribution in [-0.4, -0.2) is 25.8 Å². The first-order valence-corrected chi connectivity index (χ1v) is 8.12. The molecule has 1 aromatic carbocycles. The fourth-order valence-corrected chi connectivity index (χ4v) is 4.25. The maximum atomic E-state index is 12.4. The molecular formula is C14H21NO2S. The van der Waals surface area contributed by atoms with Crippen molar-refractivity contribution in [1.29, 1.82) is 0 Å². The molecule has 0 radical (unpaired) electrons. The van der Waals surface area contributed by atoms with Crippen LogP contribution in [0.2, 0.25) is 0 Å². The fraction of sp³-hybridized carbons (Fsp3) is 0.571. The van der Waals surface area contributed by atoms with E-state index in [0.717, 1.165) is 24.0 Å². The summed E-state index contributed by atoms with van der Waals surface area (Å²) in [6.07, 6.45) is 2.12. The second kappa shape index (κ2) is 5.41. The molecule has 1 aliphatic heterocycles. The lowest BCUT2D eigenvalue weighted by atomic mass is 10.0. The fourth-order valence-electron chi connectivity index (χ4n) is 2.46. The highest BCUT2D eigenvalue weighted by molar-refractivity contribution is 7.88. The molecule has 1 aliphatic rings. The van der Waals surface area contributed by atoms with Gasteiger partial charge < -0.3 is 0 Å². The summed E-state index contributed by atoms with van der Waals surface area (Å²) < 4.78 is 26.4. The molecule has 0 saturated carbocycles. The maximum Gasteiger partial charge on any atom is 0.218 e. The van der Waals surface area contributed by atoms with Gasteiger partial charge in [0.25, 0.3) is 0 Å². The van der Waals surface area contributed by atoms with E-state index in [0.29, 0.717) is 19.0 Å². The van der Waals surface area contributed by atoms with Crippen LogP contribution in [0, 0.1) is 12.8 Å². The molecule has 1 aromatic rings. The van der Waals surface area contributed by atoms with Crippen LogP contribution >= 0.6 is 0 Å². The molecule has 0 aromatic heterocycles. The Morgan fingerprint density at radius 1 is 1.33 bits per heavy atom. The number of aryl methyl sites for hydroxylation is 1. The van der Waals surface area contributed by atoms with Crippen molar-refractivity contribution in [2.75, 3.05) is 13.1 Å². The topological polar surface area (TPSA) is 37.4 Å². The second-order valence-electron chi connectivity index (χ2n) is 5.29. The van der Waals surface area contributed by atoms with Crippen LogP contribution in [-0.2, 0) is 15.8 Å². The van der Waals surface area contributed by atoms with Gasteiger partial charge in [0.1, 0.15) is 0 Å². The molecule has 100 valence electrons. The van der Waals surface area contributed by atoms with Gasteiger partial charge in [-0.25, -0.2) is 12.7 Å². The lowest BCUT2D eigenvalue weighted by Gasteiger charge is -2.30. The summed E-state index contributed by atoms with van der Waals surface area (Å²) in [7, 11) is -3.16. The average molecular weight is 267 g/mol. The van der Waals surface area contributed by atoms with E-state index in [9.17, 15) is 8.42 Å². The van der Waals surface area contributed by atoms with E-state index in [1.165, 1.54) is 0 Å². The molecule has 4 heteroatoms. The largest absolute Gasteiger partial charge is 0.218 e. The molecule has 0 N–H and O–H groups in total. The summed E-state index contributed by atoms with van der Waals surface area (Å²) >= 11 is 0. The third kappa shape index (κ3) is 3.12. The van der Waals surface area contributed by atoms with Crippen molar-refractivity contribution in [2.45, 2.75) is 32.4 Å². The lowest BCUT2D eigenvalue weighted by molar-refractivity contribution is 0.281. The third-order valence-corrected chi connectivity index (χ3v) is 5.41. The lowest BCUT2D eigenvalue weighted by Crippen LogP contribution is -2.39. The van der Waals surface area contributed by atoms with E-state index in [4.69, 9.17) is 0 Å². The molecule has 1 fully saturated rings. The Kier molecular flexibility index (Phi) is 4.07. The van der Waals surface area contributed by atoms with E-state index in [2.05, 4.69) is 6.92 Å². The van der Waals surface area contributed by atoms with Gasteiger partial charge in [-0.05, 0) is 36.8 Å². The van der Waals surface area contributed by atoms with Crippen LogP contribution in [0.25, 0.3) is 0 Å². The van der Waals surface area contributed by atoms with E-state index in [1.807, 2.05) is 31.2 Å². The van der Waals surface area contributed by atoms with Gasteiger partial charge in [-0.1, -0.05) is 31.2 Å². The van der Waals surface area contributed by atoms with Crippen LogP contribution in [0.3, 0.4) is 0 Å². The summed E-state index contributed by atoms with van der Waals surface area (Å²) in [4.78, 5) is 0. The third-order valence-electron chi connectivity index (χ3n) is 3.61. The van der Waals surface area contributed by atoms with Crippen molar-refractivity contribution in [2.24, 2.45) is 5.92 Å². The zero-order valence-corrected chi connectivity index (χ0v) is 11.9. The van der Waals surface area contributed by atoms with Gasteiger partial charge >= 0.3 is 0 Å². The molecule has 0 unspecified atom stereocenters. The summed E-state index contributed by atoms with van der Waals surface area (Å²) in [6, 6.07) is 7.70. The highest BCUT2D eigenvalue weighted by Gasteiger charge is 2.27. The van der Waals surface area contributed by atoms with Crippen LogP contribution in [0.4, 0.5) is 0 Å². The van der Waals surface area contributed by atoms with Crippen LogP contribution in [0.5, 0.6) is 0 Å². The molecule has 0 spiro atoms. The summed E-state index contributed by atoms with van der Waals surface area (Å²) in [5.41, 5.74) is 1.96. The van der Waals surface area contributed by atoms with Crippen molar-refractivity contribution >= 4 is 10.0 Å². The van der Waals surface area contributed by atoms with E-state index in [-0.39, 0.29) is 5.75 Å². The summed E-state index contributed by atoms with van der Waals surface area (Å²) in [6.45, 7) is 5.44. The SMILES string of the molecule is Cc1ccccc1CS(=O)(=O)N1CCC[C@@H](C)C1. The van der Waals surface area contributed by atoms with Crippen molar-refractivity contribution in [3.05, 3.63) is 35.4 Å². The Morgan fingerprint density at radius 2 is 2.06 bits per heavy atom. The molecule has 0 aliphatic carbocycles. The minimum absolute atomic E-state index is 0.131. The van der Waals surface area contributed by atoms with E-state index in [1.54, 1.807) is 4.31 Å². The molecule has 2 rings (SSSR count). The molecule has 3 nitrogen and oxygen atoms in total. The van der Waals surface area contributed by atoms with Gasteiger partial charge in [0, 0.05) is 13.1 Å². The minimum Gasteiger partial charge on any atom is -0.212 e. The number of rotatable bonds is 3. The Hall–Kier alpha value is -0.870. The molecule has 1 atom stereocenters. The van der Waals surface area contributed by atoms with Crippen molar-refractivity contribution in [3.8, 4) is 0 Å². The first kappa shape index (κ1) is 13.6. The van der Waals surface area contributed by atoms with Crippen LogP contribution in [0.1, 0.15) is 30.9 Å². The van der Waals surface area contributed by atoms with Crippen molar-refractivity contribution < 1.29 is 8.42 Å². The predicted molar refractivity (Wildman–Crippen MR) is 73.8 cm³/mol. The average Bonchev–Trinajstić information content (AvgIpc) is 2.32. The molecule has 0 bridgehead atoms. The molecule has 18 heavy (non-hydrogen) atoms. The number of benzene rings is 1. The van der Waals surface area contributed by atoms with Crippen LogP contribution in [0.15, 0.2) is 24.3 Å². The monoisotopic (exact) mass is 267 g/mol. The molecule has 0 amide bonds.